The van der Waals surface area contributed by atoms with Crippen LogP contribution in [0.4, 0.5) is 0 Å². The van der Waals surface area contributed by atoms with E-state index in [4.69, 9.17) is 0 Å². The second-order valence-corrected chi connectivity index (χ2v) is 6.41. The van der Waals surface area contributed by atoms with Crippen molar-refractivity contribution in [1.82, 2.24) is 0 Å². The molecule has 0 spiro atoms. The van der Waals surface area contributed by atoms with Gasteiger partial charge in [-0.2, -0.15) is 0 Å². The summed E-state index contributed by atoms with van der Waals surface area (Å²) in [6.07, 6.45) is 21.8. The molecule has 0 aliphatic carbocycles. The minimum Gasteiger partial charge on any atom is -0.0741 e. The molecule has 1 heteroatoms. The van der Waals surface area contributed by atoms with Gasteiger partial charge in [0.15, 0.2) is 0 Å². The van der Waals surface area contributed by atoms with Crippen LogP contribution in [0.2, 0.25) is 19.0 Å². The van der Waals surface area contributed by atoms with E-state index in [0.717, 1.165) is 6.71 Å². The topological polar surface area (TPSA) is 0 Å². The Morgan fingerprint density at radius 1 is 0.421 bits per heavy atom. The largest absolute Gasteiger partial charge is 0.139 e. The summed E-state index contributed by atoms with van der Waals surface area (Å²) in [5.41, 5.74) is 0. The predicted octanol–water partition coefficient (Wildman–Crippen LogP) is 7.22. The minimum absolute atomic E-state index is 1.05. The fourth-order valence-corrected chi connectivity index (χ4v) is 3.01. The third kappa shape index (κ3) is 14.3. The van der Waals surface area contributed by atoms with Gasteiger partial charge < -0.3 is 0 Å². The van der Waals surface area contributed by atoms with E-state index in [2.05, 4.69) is 20.8 Å². The van der Waals surface area contributed by atoms with Crippen LogP contribution in [0.3, 0.4) is 0 Å². The first-order valence-electron chi connectivity index (χ1n) is 9.35. The van der Waals surface area contributed by atoms with Crippen molar-refractivity contribution in [2.45, 2.75) is 117 Å². The molecule has 0 aromatic rings. The molecule has 0 N–H and O–H groups in total. The van der Waals surface area contributed by atoms with Gasteiger partial charge in [-0.3, -0.25) is 0 Å². The lowest BCUT2D eigenvalue weighted by molar-refractivity contribution is 0.621. The molecule has 0 nitrogen and oxygen atoms in total. The fourth-order valence-electron chi connectivity index (χ4n) is 3.01. The molecule has 0 aliphatic heterocycles. The second kappa shape index (κ2) is 16.1. The quantitative estimate of drug-likeness (QED) is 0.217. The highest BCUT2D eigenvalue weighted by Gasteiger charge is 2.12. The normalized spacial score (nSPS) is 10.9. The molecule has 0 aromatic carbocycles. The molecule has 0 bridgehead atoms. The maximum atomic E-state index is 2.32. The fraction of sp³-hybridized carbons (Fsp3) is 1.00. The molecule has 0 unspecified atom stereocenters. The summed E-state index contributed by atoms with van der Waals surface area (Å²) in [4.78, 5) is 0. The molecule has 0 heterocycles. The first-order chi connectivity index (χ1) is 9.35. The minimum atomic E-state index is 1.05. The van der Waals surface area contributed by atoms with Crippen molar-refractivity contribution in [1.29, 1.82) is 0 Å². The highest BCUT2D eigenvalue weighted by atomic mass is 14.0. The maximum absolute atomic E-state index is 2.32. The van der Waals surface area contributed by atoms with Crippen LogP contribution >= 0.6 is 0 Å². The van der Waals surface area contributed by atoms with Crippen molar-refractivity contribution in [3.63, 3.8) is 0 Å². The molecule has 0 amide bonds. The number of unbranched alkanes of at least 4 members (excludes halogenated alkanes) is 9. The summed E-state index contributed by atoms with van der Waals surface area (Å²) in [5.74, 6) is 0. The molecular formula is C18H39B. The van der Waals surface area contributed by atoms with Crippen molar-refractivity contribution < 1.29 is 0 Å². The number of hydrogen-bond donors (Lipinski definition) is 0. The standard InChI is InChI=1S/C18H39B/c1-4-7-10-11-12-15-18-19(16-13-8-5-2)17-14-9-6-3/h4-18H2,1-3H3. The summed E-state index contributed by atoms with van der Waals surface area (Å²) in [6, 6.07) is 0. The molecule has 19 heavy (non-hydrogen) atoms. The van der Waals surface area contributed by atoms with Crippen molar-refractivity contribution in [3.05, 3.63) is 0 Å². The first kappa shape index (κ1) is 19.1. The SMILES string of the molecule is CCCCCCCCB(CCCCC)CCCCC. The van der Waals surface area contributed by atoms with Crippen molar-refractivity contribution >= 4 is 6.71 Å². The van der Waals surface area contributed by atoms with E-state index >= 15 is 0 Å². The Morgan fingerprint density at radius 3 is 1.21 bits per heavy atom. The Hall–Kier alpha value is 0.0649. The van der Waals surface area contributed by atoms with Crippen LogP contribution in [0, 0.1) is 0 Å². The Labute approximate surface area is 124 Å². The molecule has 114 valence electrons. The van der Waals surface area contributed by atoms with Gasteiger partial charge in [0.25, 0.3) is 0 Å². The van der Waals surface area contributed by atoms with Gasteiger partial charge >= 0.3 is 0 Å². The molecule has 0 rings (SSSR count). The Kier molecular flexibility index (Phi) is 16.2. The summed E-state index contributed by atoms with van der Waals surface area (Å²) in [7, 11) is 0. The van der Waals surface area contributed by atoms with E-state index in [1.54, 1.807) is 0 Å². The highest BCUT2D eigenvalue weighted by molar-refractivity contribution is 6.58. The third-order valence-electron chi connectivity index (χ3n) is 4.40. The molecule has 0 aromatic heterocycles. The average molecular weight is 266 g/mol. The zero-order valence-corrected chi connectivity index (χ0v) is 14.2. The van der Waals surface area contributed by atoms with Gasteiger partial charge in [-0.25, -0.2) is 0 Å². The molecule has 0 saturated carbocycles. The maximum Gasteiger partial charge on any atom is 0.139 e. The first-order valence-corrected chi connectivity index (χ1v) is 9.35. The predicted molar refractivity (Wildman–Crippen MR) is 92.6 cm³/mol. The van der Waals surface area contributed by atoms with Gasteiger partial charge in [0.1, 0.15) is 6.71 Å². The Balaban J connectivity index is 3.58. The van der Waals surface area contributed by atoms with E-state index in [0.29, 0.717) is 0 Å². The lowest BCUT2D eigenvalue weighted by Gasteiger charge is -2.13. The third-order valence-corrected chi connectivity index (χ3v) is 4.40. The number of hydrogen-bond acceptors (Lipinski definition) is 0. The van der Waals surface area contributed by atoms with Gasteiger partial charge in [-0.05, 0) is 0 Å². The van der Waals surface area contributed by atoms with Gasteiger partial charge in [0, 0.05) is 0 Å². The van der Waals surface area contributed by atoms with Crippen molar-refractivity contribution in [2.75, 3.05) is 0 Å². The van der Waals surface area contributed by atoms with E-state index in [1.165, 1.54) is 96.0 Å². The molecular weight excluding hydrogens is 227 g/mol. The van der Waals surface area contributed by atoms with Gasteiger partial charge in [-0.15, -0.1) is 0 Å². The van der Waals surface area contributed by atoms with Crippen LogP contribution in [-0.2, 0) is 0 Å². The molecule has 0 aliphatic rings. The molecule has 0 radical (unpaired) electrons. The van der Waals surface area contributed by atoms with Gasteiger partial charge in [0.05, 0.1) is 0 Å². The Morgan fingerprint density at radius 2 is 0.737 bits per heavy atom. The second-order valence-electron chi connectivity index (χ2n) is 6.41. The zero-order valence-electron chi connectivity index (χ0n) is 14.2. The average Bonchev–Trinajstić information content (AvgIpc) is 2.42. The van der Waals surface area contributed by atoms with Crippen molar-refractivity contribution in [3.8, 4) is 0 Å². The summed E-state index contributed by atoms with van der Waals surface area (Å²) in [6.45, 7) is 7.99. The molecule has 0 fully saturated rings. The van der Waals surface area contributed by atoms with E-state index in [1.807, 2.05) is 0 Å². The van der Waals surface area contributed by atoms with Crippen LogP contribution in [0.1, 0.15) is 97.8 Å². The van der Waals surface area contributed by atoms with E-state index < -0.39 is 0 Å². The van der Waals surface area contributed by atoms with Crippen LogP contribution in [0.25, 0.3) is 0 Å². The van der Waals surface area contributed by atoms with Crippen LogP contribution < -0.4 is 0 Å². The van der Waals surface area contributed by atoms with Crippen LogP contribution in [-0.4, -0.2) is 6.71 Å². The van der Waals surface area contributed by atoms with Crippen molar-refractivity contribution in [2.24, 2.45) is 0 Å². The summed E-state index contributed by atoms with van der Waals surface area (Å²) in [5, 5.41) is 0. The smallest absolute Gasteiger partial charge is 0.0741 e. The zero-order chi connectivity index (χ0) is 14.2. The summed E-state index contributed by atoms with van der Waals surface area (Å²) < 4.78 is 0. The summed E-state index contributed by atoms with van der Waals surface area (Å²) >= 11 is 0. The van der Waals surface area contributed by atoms with E-state index in [9.17, 15) is 0 Å². The van der Waals surface area contributed by atoms with Gasteiger partial charge in [0.2, 0.25) is 0 Å². The monoisotopic (exact) mass is 266 g/mol. The van der Waals surface area contributed by atoms with Crippen LogP contribution in [0.5, 0.6) is 0 Å². The van der Waals surface area contributed by atoms with Crippen LogP contribution in [0.15, 0.2) is 0 Å². The lowest BCUT2D eigenvalue weighted by Crippen LogP contribution is -2.11. The highest BCUT2D eigenvalue weighted by Crippen LogP contribution is 2.19. The Bertz CT molecular complexity index is 146. The number of rotatable bonds is 15. The molecule has 0 saturated heterocycles. The lowest BCUT2D eigenvalue weighted by atomic mass is 9.41. The van der Waals surface area contributed by atoms with Gasteiger partial charge in [-0.1, -0.05) is 117 Å². The molecule has 0 atom stereocenters. The van der Waals surface area contributed by atoms with E-state index in [-0.39, 0.29) is 0 Å².